The molecule has 1 aromatic rings. The molecule has 1 unspecified atom stereocenters. The predicted octanol–water partition coefficient (Wildman–Crippen LogP) is 3.87. The van der Waals surface area contributed by atoms with Crippen LogP contribution in [-0.2, 0) is 4.79 Å². The summed E-state index contributed by atoms with van der Waals surface area (Å²) in [7, 11) is 0. The number of likely N-dealkylation sites (tertiary alicyclic amines) is 1. The van der Waals surface area contributed by atoms with Gasteiger partial charge in [0.05, 0.1) is 5.54 Å². The van der Waals surface area contributed by atoms with Gasteiger partial charge in [-0.25, -0.2) is 0 Å². The van der Waals surface area contributed by atoms with Crippen molar-refractivity contribution < 1.29 is 4.79 Å². The molecule has 23 heavy (non-hydrogen) atoms. The standard InChI is InChI=1S/C19H28N2O.ClH/c20-19(12-5-2-6-13-19)18(22)21-14-7-10-17(11-15-21)16-8-3-1-4-9-16;/h1,3-4,8-9,17H,2,5-7,10-15,20H2;1H. The van der Waals surface area contributed by atoms with Crippen molar-refractivity contribution in [2.24, 2.45) is 5.73 Å². The van der Waals surface area contributed by atoms with E-state index < -0.39 is 5.54 Å². The second-order valence-corrected chi connectivity index (χ2v) is 7.05. The monoisotopic (exact) mass is 336 g/mol. The first-order valence-electron chi connectivity index (χ1n) is 8.82. The molecule has 1 aliphatic heterocycles. The number of hydrogen-bond donors (Lipinski definition) is 1. The number of carbonyl (C=O) groups excluding carboxylic acids is 1. The highest BCUT2D eigenvalue weighted by atomic mass is 35.5. The first-order chi connectivity index (χ1) is 10.7. The van der Waals surface area contributed by atoms with Crippen LogP contribution in [0.3, 0.4) is 0 Å². The van der Waals surface area contributed by atoms with Crippen LogP contribution >= 0.6 is 12.4 Å². The third kappa shape index (κ3) is 4.27. The van der Waals surface area contributed by atoms with Crippen molar-refractivity contribution in [3.63, 3.8) is 0 Å². The molecular formula is C19H29ClN2O. The highest BCUT2D eigenvalue weighted by Crippen LogP contribution is 2.31. The number of nitrogens with two attached hydrogens (primary N) is 1. The SMILES string of the molecule is Cl.NC1(C(=O)N2CCCC(c3ccccc3)CC2)CCCCC1. The molecule has 1 saturated carbocycles. The molecule has 4 heteroatoms. The van der Waals surface area contributed by atoms with Crippen molar-refractivity contribution in [2.45, 2.75) is 62.8 Å². The molecule has 0 bridgehead atoms. The Morgan fingerprint density at radius 2 is 1.70 bits per heavy atom. The molecule has 2 fully saturated rings. The van der Waals surface area contributed by atoms with Gasteiger partial charge in [-0.3, -0.25) is 4.79 Å². The molecule has 2 N–H and O–H groups in total. The fourth-order valence-corrected chi connectivity index (χ4v) is 4.07. The Bertz CT molecular complexity index is 499. The lowest BCUT2D eigenvalue weighted by atomic mass is 9.81. The summed E-state index contributed by atoms with van der Waals surface area (Å²) in [6, 6.07) is 10.7. The zero-order valence-corrected chi connectivity index (χ0v) is 14.7. The lowest BCUT2D eigenvalue weighted by molar-refractivity contribution is -0.138. The zero-order valence-electron chi connectivity index (χ0n) is 13.9. The Morgan fingerprint density at radius 1 is 1.00 bits per heavy atom. The molecule has 1 heterocycles. The summed E-state index contributed by atoms with van der Waals surface area (Å²) in [6.45, 7) is 1.73. The van der Waals surface area contributed by atoms with Gasteiger partial charge in [0.1, 0.15) is 0 Å². The largest absolute Gasteiger partial charge is 0.341 e. The normalized spacial score (nSPS) is 24.4. The van der Waals surface area contributed by atoms with E-state index in [-0.39, 0.29) is 18.3 Å². The maximum atomic E-state index is 12.9. The minimum Gasteiger partial charge on any atom is -0.341 e. The van der Waals surface area contributed by atoms with E-state index in [9.17, 15) is 4.79 Å². The van der Waals surface area contributed by atoms with Gasteiger partial charge < -0.3 is 10.6 Å². The number of amides is 1. The number of rotatable bonds is 2. The van der Waals surface area contributed by atoms with Gasteiger partial charge in [0, 0.05) is 13.1 Å². The maximum absolute atomic E-state index is 12.9. The van der Waals surface area contributed by atoms with Crippen molar-refractivity contribution >= 4 is 18.3 Å². The summed E-state index contributed by atoms with van der Waals surface area (Å²) in [5, 5.41) is 0. The van der Waals surface area contributed by atoms with E-state index in [2.05, 4.69) is 30.3 Å². The average Bonchev–Trinajstić information content (AvgIpc) is 2.82. The zero-order chi connectivity index (χ0) is 15.4. The molecule has 1 amide bonds. The summed E-state index contributed by atoms with van der Waals surface area (Å²) < 4.78 is 0. The van der Waals surface area contributed by atoms with Crippen molar-refractivity contribution in [1.82, 2.24) is 4.90 Å². The average molecular weight is 337 g/mol. The van der Waals surface area contributed by atoms with Gasteiger partial charge in [0.15, 0.2) is 0 Å². The van der Waals surface area contributed by atoms with E-state index in [4.69, 9.17) is 5.73 Å². The first kappa shape index (κ1) is 18.3. The van der Waals surface area contributed by atoms with Gasteiger partial charge >= 0.3 is 0 Å². The Morgan fingerprint density at radius 3 is 2.39 bits per heavy atom. The molecule has 1 atom stereocenters. The van der Waals surface area contributed by atoms with E-state index in [1.807, 2.05) is 4.90 Å². The minimum absolute atomic E-state index is 0. The van der Waals surface area contributed by atoms with Crippen molar-refractivity contribution in [2.75, 3.05) is 13.1 Å². The van der Waals surface area contributed by atoms with E-state index in [1.54, 1.807) is 0 Å². The third-order valence-electron chi connectivity index (χ3n) is 5.46. The Labute approximate surface area is 146 Å². The quantitative estimate of drug-likeness (QED) is 0.891. The Kier molecular flexibility index (Phi) is 6.49. The summed E-state index contributed by atoms with van der Waals surface area (Å²) in [5.41, 5.74) is 7.27. The maximum Gasteiger partial charge on any atom is 0.242 e. The second-order valence-electron chi connectivity index (χ2n) is 7.05. The number of benzene rings is 1. The molecule has 2 aliphatic rings. The molecular weight excluding hydrogens is 308 g/mol. The molecule has 0 radical (unpaired) electrons. The van der Waals surface area contributed by atoms with Gasteiger partial charge in [-0.2, -0.15) is 0 Å². The fraction of sp³-hybridized carbons (Fsp3) is 0.632. The van der Waals surface area contributed by atoms with Crippen LogP contribution in [0.2, 0.25) is 0 Å². The van der Waals surface area contributed by atoms with Gasteiger partial charge in [-0.1, -0.05) is 49.6 Å². The molecule has 1 saturated heterocycles. The van der Waals surface area contributed by atoms with Gasteiger partial charge in [-0.15, -0.1) is 12.4 Å². The lowest BCUT2D eigenvalue weighted by Crippen LogP contribution is -2.56. The number of nitrogens with zero attached hydrogens (tertiary/aromatic N) is 1. The Hall–Kier alpha value is -1.06. The minimum atomic E-state index is -0.579. The highest BCUT2D eigenvalue weighted by molar-refractivity contribution is 5.86. The van der Waals surface area contributed by atoms with Crippen LogP contribution in [-0.4, -0.2) is 29.4 Å². The summed E-state index contributed by atoms with van der Waals surface area (Å²) in [6.07, 6.45) is 8.47. The van der Waals surface area contributed by atoms with Crippen LogP contribution in [0.4, 0.5) is 0 Å². The van der Waals surface area contributed by atoms with Crippen LogP contribution in [0.25, 0.3) is 0 Å². The molecule has 1 aromatic carbocycles. The summed E-state index contributed by atoms with van der Waals surface area (Å²) in [4.78, 5) is 14.9. The molecule has 128 valence electrons. The van der Waals surface area contributed by atoms with Crippen LogP contribution < -0.4 is 5.73 Å². The summed E-state index contributed by atoms with van der Waals surface area (Å²) in [5.74, 6) is 0.792. The molecule has 3 nitrogen and oxygen atoms in total. The molecule has 3 rings (SSSR count). The molecule has 0 spiro atoms. The lowest BCUT2D eigenvalue weighted by Gasteiger charge is -2.36. The van der Waals surface area contributed by atoms with E-state index >= 15 is 0 Å². The molecule has 0 aromatic heterocycles. The van der Waals surface area contributed by atoms with Gasteiger partial charge in [0.25, 0.3) is 0 Å². The van der Waals surface area contributed by atoms with Gasteiger partial charge in [0.2, 0.25) is 5.91 Å². The van der Waals surface area contributed by atoms with Crippen LogP contribution in [0.1, 0.15) is 62.8 Å². The van der Waals surface area contributed by atoms with Crippen molar-refractivity contribution in [1.29, 1.82) is 0 Å². The van der Waals surface area contributed by atoms with E-state index in [0.717, 1.165) is 51.6 Å². The van der Waals surface area contributed by atoms with Crippen LogP contribution in [0, 0.1) is 0 Å². The summed E-state index contributed by atoms with van der Waals surface area (Å²) >= 11 is 0. The van der Waals surface area contributed by atoms with Crippen molar-refractivity contribution in [3.8, 4) is 0 Å². The number of carbonyl (C=O) groups is 1. The smallest absolute Gasteiger partial charge is 0.242 e. The van der Waals surface area contributed by atoms with E-state index in [0.29, 0.717) is 5.92 Å². The highest BCUT2D eigenvalue weighted by Gasteiger charge is 2.38. The first-order valence-corrected chi connectivity index (χ1v) is 8.82. The van der Waals surface area contributed by atoms with Crippen LogP contribution in [0.15, 0.2) is 30.3 Å². The fourth-order valence-electron chi connectivity index (χ4n) is 4.07. The third-order valence-corrected chi connectivity index (χ3v) is 5.46. The van der Waals surface area contributed by atoms with E-state index in [1.165, 1.54) is 18.4 Å². The predicted molar refractivity (Wildman–Crippen MR) is 96.9 cm³/mol. The molecule has 1 aliphatic carbocycles. The number of halogens is 1. The van der Waals surface area contributed by atoms with Crippen molar-refractivity contribution in [3.05, 3.63) is 35.9 Å². The topological polar surface area (TPSA) is 46.3 Å². The second kappa shape index (κ2) is 8.16. The van der Waals surface area contributed by atoms with Crippen LogP contribution in [0.5, 0.6) is 0 Å². The number of hydrogen-bond acceptors (Lipinski definition) is 2. The van der Waals surface area contributed by atoms with Gasteiger partial charge in [-0.05, 0) is 43.6 Å². The Balaban J connectivity index is 0.00000192.